The van der Waals surface area contributed by atoms with Crippen LogP contribution >= 0.6 is 11.3 Å². The molecule has 3 amide bonds. The van der Waals surface area contributed by atoms with Gasteiger partial charge in [-0.3, -0.25) is 15.0 Å². The van der Waals surface area contributed by atoms with Crippen LogP contribution in [0.1, 0.15) is 23.9 Å². The van der Waals surface area contributed by atoms with Crippen LogP contribution in [0.15, 0.2) is 36.9 Å². The highest BCUT2D eigenvalue weighted by Crippen LogP contribution is 2.36. The van der Waals surface area contributed by atoms with Crippen LogP contribution in [-0.2, 0) is 4.79 Å². The quantitative estimate of drug-likeness (QED) is 0.817. The number of fused-ring (bicyclic) bond motifs is 1. The Morgan fingerprint density at radius 1 is 1.42 bits per heavy atom. The Balaban J connectivity index is 1.63. The van der Waals surface area contributed by atoms with Crippen molar-refractivity contribution in [1.82, 2.24) is 20.5 Å². The average molecular weight is 344 g/mol. The molecule has 1 atom stereocenters. The van der Waals surface area contributed by atoms with Crippen molar-refractivity contribution < 1.29 is 9.59 Å². The zero-order valence-electron chi connectivity index (χ0n) is 13.3. The summed E-state index contributed by atoms with van der Waals surface area (Å²) in [6, 6.07) is 7.71. The van der Waals surface area contributed by atoms with Gasteiger partial charge in [0.1, 0.15) is 5.01 Å². The van der Waals surface area contributed by atoms with Crippen LogP contribution < -0.4 is 10.6 Å². The second-order valence-corrected chi connectivity index (χ2v) is 6.76. The molecule has 1 aliphatic heterocycles. The summed E-state index contributed by atoms with van der Waals surface area (Å²) in [7, 11) is 0. The Morgan fingerprint density at radius 3 is 3.04 bits per heavy atom. The number of benzene rings is 1. The van der Waals surface area contributed by atoms with Crippen LogP contribution in [0.4, 0.5) is 4.79 Å². The predicted molar refractivity (Wildman–Crippen MR) is 94.9 cm³/mol. The Labute approximate surface area is 144 Å². The first-order valence-corrected chi connectivity index (χ1v) is 8.77. The van der Waals surface area contributed by atoms with E-state index in [2.05, 4.69) is 28.2 Å². The molecule has 24 heavy (non-hydrogen) atoms. The van der Waals surface area contributed by atoms with Crippen molar-refractivity contribution in [1.29, 1.82) is 0 Å². The van der Waals surface area contributed by atoms with Crippen molar-refractivity contribution in [3.63, 3.8) is 0 Å². The third-order valence-corrected chi connectivity index (χ3v) is 5.10. The van der Waals surface area contributed by atoms with Gasteiger partial charge in [-0.15, -0.1) is 17.9 Å². The lowest BCUT2D eigenvalue weighted by atomic mass is 10.2. The Kier molecular flexibility index (Phi) is 5.22. The molecule has 2 N–H and O–H groups in total. The third kappa shape index (κ3) is 3.80. The minimum atomic E-state index is -0.490. The summed E-state index contributed by atoms with van der Waals surface area (Å²) in [5, 5.41) is 5.92. The van der Waals surface area contributed by atoms with Gasteiger partial charge in [0, 0.05) is 6.54 Å². The Hall–Kier alpha value is -2.25. The number of carbonyl (C=O) groups excluding carboxylic acids is 2. The van der Waals surface area contributed by atoms with Gasteiger partial charge in [0.25, 0.3) is 0 Å². The van der Waals surface area contributed by atoms with E-state index in [-0.39, 0.29) is 18.5 Å². The molecular weight excluding hydrogens is 324 g/mol. The van der Waals surface area contributed by atoms with Gasteiger partial charge in [0.15, 0.2) is 0 Å². The molecule has 0 bridgehead atoms. The van der Waals surface area contributed by atoms with E-state index in [9.17, 15) is 9.59 Å². The molecule has 7 heteroatoms. The molecule has 1 fully saturated rings. The fraction of sp³-hybridized carbons (Fsp3) is 0.353. The van der Waals surface area contributed by atoms with E-state index in [1.807, 2.05) is 18.2 Å². The summed E-state index contributed by atoms with van der Waals surface area (Å²) < 4.78 is 1.16. The first-order valence-electron chi connectivity index (χ1n) is 7.95. The second kappa shape index (κ2) is 7.55. The SMILES string of the molecule is C=CCNC(=O)NC(=O)CN1CCCC1c1nc2ccccc2s1. The van der Waals surface area contributed by atoms with Crippen molar-refractivity contribution in [3.8, 4) is 0 Å². The van der Waals surface area contributed by atoms with E-state index in [0.29, 0.717) is 6.54 Å². The Bertz CT molecular complexity index is 725. The van der Waals surface area contributed by atoms with Gasteiger partial charge < -0.3 is 5.32 Å². The summed E-state index contributed by atoms with van der Waals surface area (Å²) >= 11 is 1.68. The molecule has 1 aromatic heterocycles. The molecule has 0 aliphatic carbocycles. The number of aromatic nitrogens is 1. The monoisotopic (exact) mass is 344 g/mol. The zero-order chi connectivity index (χ0) is 16.9. The van der Waals surface area contributed by atoms with Crippen LogP contribution in [0.3, 0.4) is 0 Å². The lowest BCUT2D eigenvalue weighted by Gasteiger charge is -2.21. The van der Waals surface area contributed by atoms with Gasteiger partial charge in [-0.2, -0.15) is 0 Å². The lowest BCUT2D eigenvalue weighted by molar-refractivity contribution is -0.121. The number of imide groups is 1. The van der Waals surface area contributed by atoms with Gasteiger partial charge in [-0.25, -0.2) is 9.78 Å². The molecule has 126 valence electrons. The fourth-order valence-electron chi connectivity index (χ4n) is 2.89. The van der Waals surface area contributed by atoms with Crippen molar-refractivity contribution in [2.45, 2.75) is 18.9 Å². The van der Waals surface area contributed by atoms with Gasteiger partial charge in [0.2, 0.25) is 5.91 Å². The maximum absolute atomic E-state index is 12.1. The molecule has 0 saturated carbocycles. The minimum absolute atomic E-state index is 0.143. The van der Waals surface area contributed by atoms with Crippen molar-refractivity contribution in [2.75, 3.05) is 19.6 Å². The van der Waals surface area contributed by atoms with E-state index in [1.165, 1.54) is 0 Å². The van der Waals surface area contributed by atoms with Gasteiger partial charge in [-0.1, -0.05) is 18.2 Å². The molecule has 1 aromatic carbocycles. The molecule has 0 radical (unpaired) electrons. The fourth-order valence-corrected chi connectivity index (χ4v) is 4.02. The number of nitrogens with one attached hydrogen (secondary N) is 2. The highest BCUT2D eigenvalue weighted by molar-refractivity contribution is 7.18. The summed E-state index contributed by atoms with van der Waals surface area (Å²) in [6.45, 7) is 4.88. The molecule has 1 saturated heterocycles. The summed E-state index contributed by atoms with van der Waals surface area (Å²) in [6.07, 6.45) is 3.57. The summed E-state index contributed by atoms with van der Waals surface area (Å²) in [4.78, 5) is 30.4. The van der Waals surface area contributed by atoms with Gasteiger partial charge >= 0.3 is 6.03 Å². The average Bonchev–Trinajstić information content (AvgIpc) is 3.18. The second-order valence-electron chi connectivity index (χ2n) is 5.70. The number of urea groups is 1. The summed E-state index contributed by atoms with van der Waals surface area (Å²) in [5.41, 5.74) is 0.998. The number of hydrogen-bond donors (Lipinski definition) is 2. The largest absolute Gasteiger partial charge is 0.334 e. The van der Waals surface area contributed by atoms with E-state index < -0.39 is 6.03 Å². The summed E-state index contributed by atoms with van der Waals surface area (Å²) in [5.74, 6) is -0.301. The van der Waals surface area contributed by atoms with E-state index in [4.69, 9.17) is 4.98 Å². The number of rotatable bonds is 5. The van der Waals surface area contributed by atoms with E-state index in [1.54, 1.807) is 17.4 Å². The van der Waals surface area contributed by atoms with Crippen LogP contribution in [0.5, 0.6) is 0 Å². The Morgan fingerprint density at radius 2 is 2.25 bits per heavy atom. The van der Waals surface area contributed by atoms with Crippen molar-refractivity contribution in [2.24, 2.45) is 0 Å². The molecule has 3 rings (SSSR count). The van der Waals surface area contributed by atoms with Crippen LogP contribution in [0.25, 0.3) is 10.2 Å². The number of hydrogen-bond acceptors (Lipinski definition) is 5. The lowest BCUT2D eigenvalue weighted by Crippen LogP contribution is -2.44. The molecule has 1 aliphatic rings. The highest BCUT2D eigenvalue weighted by atomic mass is 32.1. The number of thiazole rings is 1. The normalized spacial score (nSPS) is 17.8. The van der Waals surface area contributed by atoms with Crippen molar-refractivity contribution >= 4 is 33.5 Å². The maximum atomic E-state index is 12.1. The first kappa shape index (κ1) is 16.6. The molecule has 6 nitrogen and oxygen atoms in total. The smallest absolute Gasteiger partial charge is 0.321 e. The van der Waals surface area contributed by atoms with E-state index >= 15 is 0 Å². The van der Waals surface area contributed by atoms with Crippen LogP contribution in [0, 0.1) is 0 Å². The predicted octanol–water partition coefficient (Wildman–Crippen LogP) is 2.45. The molecule has 2 aromatic rings. The number of nitrogens with zero attached hydrogens (tertiary/aromatic N) is 2. The number of carbonyl (C=O) groups is 2. The standard InChI is InChI=1S/C17H20N4O2S/c1-2-9-18-17(23)20-15(22)11-21-10-5-7-13(21)16-19-12-6-3-4-8-14(12)24-16/h2-4,6,8,13H,1,5,7,9-11H2,(H2,18,20,22,23). The molecule has 1 unspecified atom stereocenters. The third-order valence-electron chi connectivity index (χ3n) is 3.97. The highest BCUT2D eigenvalue weighted by Gasteiger charge is 2.30. The van der Waals surface area contributed by atoms with E-state index in [0.717, 1.165) is 34.6 Å². The molecule has 0 spiro atoms. The number of amides is 3. The van der Waals surface area contributed by atoms with Gasteiger partial charge in [0.05, 0.1) is 22.8 Å². The minimum Gasteiger partial charge on any atom is -0.334 e. The zero-order valence-corrected chi connectivity index (χ0v) is 14.1. The van der Waals surface area contributed by atoms with Crippen LogP contribution in [-0.4, -0.2) is 41.5 Å². The number of likely N-dealkylation sites (tertiary alicyclic amines) is 1. The maximum Gasteiger partial charge on any atom is 0.321 e. The number of para-hydroxylation sites is 1. The molecule has 2 heterocycles. The van der Waals surface area contributed by atoms with Crippen molar-refractivity contribution in [3.05, 3.63) is 41.9 Å². The topological polar surface area (TPSA) is 74.3 Å². The van der Waals surface area contributed by atoms with Crippen LogP contribution in [0.2, 0.25) is 0 Å². The van der Waals surface area contributed by atoms with Gasteiger partial charge in [-0.05, 0) is 31.5 Å². The first-order chi connectivity index (χ1) is 11.7. The molecular formula is C17H20N4O2S.